The van der Waals surface area contributed by atoms with Crippen LogP contribution in [0.2, 0.25) is 0 Å². The molecule has 35 heavy (non-hydrogen) atoms. The van der Waals surface area contributed by atoms with Gasteiger partial charge in [-0.1, -0.05) is 58.1 Å². The molecule has 0 amide bonds. The maximum Gasteiger partial charge on any atom is 0.337 e. The van der Waals surface area contributed by atoms with Crippen LogP contribution in [0.1, 0.15) is 51.6 Å². The summed E-state index contributed by atoms with van der Waals surface area (Å²) < 4.78 is 5.31. The number of carboxylic acids is 1. The lowest BCUT2D eigenvalue weighted by Gasteiger charge is -2.08. The normalized spacial score (nSPS) is 15.3. The van der Waals surface area contributed by atoms with E-state index in [-0.39, 0.29) is 0 Å². The van der Waals surface area contributed by atoms with Gasteiger partial charge in [-0.15, -0.1) is 22.7 Å². The quantitative estimate of drug-likeness (QED) is 0.193. The minimum absolute atomic E-state index is 0.406. The van der Waals surface area contributed by atoms with E-state index in [9.17, 15) is 9.59 Å². The van der Waals surface area contributed by atoms with Gasteiger partial charge in [0.1, 0.15) is 0 Å². The SMILES string of the molecule is CC1CCCO1.Cc1ccc2scc(C(=O)C(Cl)(Cl)Cl)c2c1.Cc1ccc2scc(C(=O)O)c2c1. The van der Waals surface area contributed by atoms with E-state index in [1.165, 1.54) is 35.5 Å². The molecule has 1 N–H and O–H groups in total. The summed E-state index contributed by atoms with van der Waals surface area (Å²) in [5.74, 6) is -1.33. The maximum absolute atomic E-state index is 11.9. The molecule has 9 heteroatoms. The van der Waals surface area contributed by atoms with Gasteiger partial charge in [-0.05, 0) is 57.9 Å². The van der Waals surface area contributed by atoms with E-state index in [0.29, 0.717) is 17.2 Å². The number of carboxylic acid groups (broad SMARTS) is 1. The third kappa shape index (κ3) is 7.42. The molecule has 0 aliphatic carbocycles. The molecular formula is C26H25Cl3O4S2. The first-order chi connectivity index (χ1) is 16.5. The van der Waals surface area contributed by atoms with Crippen molar-refractivity contribution in [1.29, 1.82) is 0 Å². The number of aryl methyl sites for hydroxylation is 2. The van der Waals surface area contributed by atoms with Crippen LogP contribution in [0.4, 0.5) is 0 Å². The number of fused-ring (bicyclic) bond motifs is 2. The number of benzene rings is 2. The Morgan fingerprint density at radius 3 is 1.86 bits per heavy atom. The van der Waals surface area contributed by atoms with Crippen molar-refractivity contribution in [3.63, 3.8) is 0 Å². The van der Waals surface area contributed by atoms with Crippen molar-refractivity contribution in [2.75, 3.05) is 6.61 Å². The van der Waals surface area contributed by atoms with E-state index >= 15 is 0 Å². The molecule has 1 atom stereocenters. The zero-order valence-corrected chi connectivity index (χ0v) is 23.3. The predicted octanol–water partition coefficient (Wildman–Crippen LogP) is 8.86. The van der Waals surface area contributed by atoms with E-state index in [2.05, 4.69) is 6.92 Å². The minimum atomic E-state index is -1.89. The van der Waals surface area contributed by atoms with Gasteiger partial charge in [-0.3, -0.25) is 4.79 Å². The van der Waals surface area contributed by atoms with Crippen molar-refractivity contribution in [2.24, 2.45) is 0 Å². The zero-order valence-electron chi connectivity index (χ0n) is 19.4. The average molecular weight is 572 g/mol. The molecule has 0 radical (unpaired) electrons. The Morgan fingerprint density at radius 1 is 0.943 bits per heavy atom. The Kier molecular flexibility index (Phi) is 9.60. The van der Waals surface area contributed by atoms with Crippen LogP contribution in [0.3, 0.4) is 0 Å². The van der Waals surface area contributed by atoms with Gasteiger partial charge in [0, 0.05) is 43.1 Å². The van der Waals surface area contributed by atoms with Crippen LogP contribution in [-0.2, 0) is 4.74 Å². The summed E-state index contributed by atoms with van der Waals surface area (Å²) in [5, 5.41) is 14.0. The maximum atomic E-state index is 11.9. The van der Waals surface area contributed by atoms with Gasteiger partial charge in [-0.25, -0.2) is 4.79 Å². The topological polar surface area (TPSA) is 63.6 Å². The van der Waals surface area contributed by atoms with Crippen LogP contribution in [-0.4, -0.2) is 33.4 Å². The number of Topliss-reactive ketones (excluding diaryl/α,β-unsaturated/α-hetero) is 1. The Balaban J connectivity index is 0.000000161. The summed E-state index contributed by atoms with van der Waals surface area (Å²) in [5.41, 5.74) is 3.05. The number of thiophene rings is 2. The van der Waals surface area contributed by atoms with Gasteiger partial charge in [0.05, 0.1) is 11.7 Å². The van der Waals surface area contributed by atoms with Crippen molar-refractivity contribution in [3.8, 4) is 0 Å². The molecule has 2 aromatic carbocycles. The van der Waals surface area contributed by atoms with E-state index in [1.54, 1.807) is 10.8 Å². The summed E-state index contributed by atoms with van der Waals surface area (Å²) in [7, 11) is 0. The standard InChI is InChI=1S/C11H7Cl3OS.C10H8O2S.C5H10O/c1-6-2-3-9-7(4-6)8(5-16-9)10(15)11(12,13)14;1-6-2-3-9-7(4-6)8(5-13-9)10(11)12;1-5-3-2-4-6-5/h2-5H,1H3;2-5H,1H3,(H,11,12);5H,2-4H2,1H3. The van der Waals surface area contributed by atoms with Gasteiger partial charge in [0.15, 0.2) is 0 Å². The number of ketones is 1. The Morgan fingerprint density at radius 2 is 1.46 bits per heavy atom. The fourth-order valence-corrected chi connectivity index (χ4v) is 5.66. The molecule has 5 rings (SSSR count). The Labute approximate surface area is 227 Å². The lowest BCUT2D eigenvalue weighted by molar-refractivity contribution is 0.0699. The van der Waals surface area contributed by atoms with Gasteiger partial charge < -0.3 is 9.84 Å². The van der Waals surface area contributed by atoms with Crippen LogP contribution < -0.4 is 0 Å². The summed E-state index contributed by atoms with van der Waals surface area (Å²) >= 11 is 19.7. The highest BCUT2D eigenvalue weighted by Gasteiger charge is 2.33. The monoisotopic (exact) mass is 570 g/mol. The fourth-order valence-electron chi connectivity index (χ4n) is 3.52. The number of ether oxygens (including phenoxy) is 1. The van der Waals surface area contributed by atoms with Gasteiger partial charge in [-0.2, -0.15) is 0 Å². The highest BCUT2D eigenvalue weighted by Crippen LogP contribution is 2.35. The Hall–Kier alpha value is -1.67. The second kappa shape index (κ2) is 12.0. The minimum Gasteiger partial charge on any atom is -0.478 e. The number of carbonyl (C=O) groups excluding carboxylic acids is 1. The summed E-state index contributed by atoms with van der Waals surface area (Å²) in [6.45, 7) is 7.03. The van der Waals surface area contributed by atoms with Crippen LogP contribution >= 0.6 is 57.5 Å². The summed E-state index contributed by atoms with van der Waals surface area (Å²) in [6, 6.07) is 11.7. The van der Waals surface area contributed by atoms with Crippen molar-refractivity contribution in [3.05, 3.63) is 69.4 Å². The van der Waals surface area contributed by atoms with Gasteiger partial charge in [0.25, 0.3) is 3.79 Å². The smallest absolute Gasteiger partial charge is 0.337 e. The number of rotatable bonds is 2. The number of hydrogen-bond acceptors (Lipinski definition) is 5. The average Bonchev–Trinajstić information content (AvgIpc) is 3.52. The molecule has 4 nitrogen and oxygen atoms in total. The Bertz CT molecular complexity index is 1330. The third-order valence-electron chi connectivity index (χ3n) is 5.35. The molecule has 3 heterocycles. The summed E-state index contributed by atoms with van der Waals surface area (Å²) in [4.78, 5) is 22.7. The van der Waals surface area contributed by atoms with Gasteiger partial charge >= 0.3 is 5.97 Å². The zero-order chi connectivity index (χ0) is 25.8. The molecule has 1 unspecified atom stereocenters. The molecular weight excluding hydrogens is 547 g/mol. The number of hydrogen-bond donors (Lipinski definition) is 1. The number of halogens is 3. The second-order valence-corrected chi connectivity index (χ2v) is 12.4. The van der Waals surface area contributed by atoms with Crippen molar-refractivity contribution < 1.29 is 19.4 Å². The van der Waals surface area contributed by atoms with Crippen molar-refractivity contribution in [1.82, 2.24) is 0 Å². The van der Waals surface area contributed by atoms with E-state index < -0.39 is 15.5 Å². The molecule has 1 saturated heterocycles. The molecule has 186 valence electrons. The first-order valence-electron chi connectivity index (χ1n) is 10.9. The number of carbonyl (C=O) groups is 2. The largest absolute Gasteiger partial charge is 0.478 e. The summed E-state index contributed by atoms with van der Waals surface area (Å²) in [6.07, 6.45) is 3.08. The van der Waals surface area contributed by atoms with Crippen LogP contribution in [0.5, 0.6) is 0 Å². The third-order valence-corrected chi connectivity index (χ3v) is 7.79. The van der Waals surface area contributed by atoms with Crippen LogP contribution in [0, 0.1) is 13.8 Å². The molecule has 0 bridgehead atoms. The fraction of sp³-hybridized carbons (Fsp3) is 0.308. The lowest BCUT2D eigenvalue weighted by atomic mass is 10.1. The molecule has 1 fully saturated rings. The molecule has 1 aliphatic rings. The molecule has 0 saturated carbocycles. The first-order valence-corrected chi connectivity index (χ1v) is 13.8. The molecule has 1 aliphatic heterocycles. The second-order valence-electron chi connectivity index (χ2n) is 8.25. The van der Waals surface area contributed by atoms with Crippen molar-refractivity contribution in [2.45, 2.75) is 43.5 Å². The molecule has 2 aromatic heterocycles. The van der Waals surface area contributed by atoms with Crippen molar-refractivity contribution >= 4 is 89.4 Å². The van der Waals surface area contributed by atoms with E-state index in [0.717, 1.165) is 37.9 Å². The molecule has 0 spiro atoms. The highest BCUT2D eigenvalue weighted by atomic mass is 35.6. The van der Waals surface area contributed by atoms with Gasteiger partial charge in [0.2, 0.25) is 5.78 Å². The lowest BCUT2D eigenvalue weighted by Crippen LogP contribution is -2.18. The highest BCUT2D eigenvalue weighted by molar-refractivity contribution is 7.18. The van der Waals surface area contributed by atoms with E-state index in [4.69, 9.17) is 44.6 Å². The van der Waals surface area contributed by atoms with Crippen LogP contribution in [0.25, 0.3) is 20.2 Å². The van der Waals surface area contributed by atoms with Crippen LogP contribution in [0.15, 0.2) is 47.2 Å². The van der Waals surface area contributed by atoms with E-state index in [1.807, 2.05) is 50.2 Å². The predicted molar refractivity (Wildman–Crippen MR) is 149 cm³/mol. The first kappa shape index (κ1) is 27.9. The number of aromatic carboxylic acids is 1. The number of alkyl halides is 3. The molecule has 4 aromatic rings.